The monoisotopic (exact) mass is 396 g/mol. The molecule has 2 rings (SSSR count). The van der Waals surface area contributed by atoms with Crippen LogP contribution in [0.25, 0.3) is 0 Å². The van der Waals surface area contributed by atoms with Crippen molar-refractivity contribution in [3.05, 3.63) is 27.7 Å². The molecule has 0 aliphatic carbocycles. The summed E-state index contributed by atoms with van der Waals surface area (Å²) in [6, 6.07) is 4.66. The van der Waals surface area contributed by atoms with Gasteiger partial charge in [0.1, 0.15) is 5.60 Å². The van der Waals surface area contributed by atoms with Crippen molar-refractivity contribution in [1.29, 1.82) is 0 Å². The average molecular weight is 397 g/mol. The van der Waals surface area contributed by atoms with E-state index < -0.39 is 5.60 Å². The van der Waals surface area contributed by atoms with Crippen LogP contribution < -0.4 is 5.32 Å². The zero-order valence-corrected chi connectivity index (χ0v) is 17.0. The van der Waals surface area contributed by atoms with Gasteiger partial charge in [0.05, 0.1) is 0 Å². The highest BCUT2D eigenvalue weighted by atomic mass is 79.9. The SMILES string of the molecule is Cc1cc(Br)cc(C)c1NC1CCCN(C(=O)OC(C)(C)C)CC1. The number of aryl methyl sites for hydroxylation is 2. The van der Waals surface area contributed by atoms with Crippen molar-refractivity contribution in [2.24, 2.45) is 0 Å². The maximum atomic E-state index is 12.3. The highest BCUT2D eigenvalue weighted by Crippen LogP contribution is 2.27. The number of likely N-dealkylation sites (tertiary alicyclic amines) is 1. The molecule has 0 bridgehead atoms. The lowest BCUT2D eigenvalue weighted by molar-refractivity contribution is 0.0256. The van der Waals surface area contributed by atoms with Crippen LogP contribution in [0.3, 0.4) is 0 Å². The van der Waals surface area contributed by atoms with Crippen molar-refractivity contribution in [3.8, 4) is 0 Å². The number of halogens is 1. The molecule has 5 heteroatoms. The van der Waals surface area contributed by atoms with Gasteiger partial charge in [-0.3, -0.25) is 0 Å². The lowest BCUT2D eigenvalue weighted by atomic mass is 10.1. The number of amides is 1. The first-order valence-corrected chi connectivity index (χ1v) is 9.46. The maximum absolute atomic E-state index is 12.3. The van der Waals surface area contributed by atoms with Gasteiger partial charge in [-0.2, -0.15) is 0 Å². The number of ether oxygens (including phenoxy) is 1. The number of hydrogen-bond acceptors (Lipinski definition) is 3. The van der Waals surface area contributed by atoms with Gasteiger partial charge in [-0.05, 0) is 77.1 Å². The Kier molecular flexibility index (Phi) is 6.18. The van der Waals surface area contributed by atoms with Crippen molar-refractivity contribution in [2.75, 3.05) is 18.4 Å². The first-order chi connectivity index (χ1) is 11.2. The van der Waals surface area contributed by atoms with Crippen molar-refractivity contribution in [2.45, 2.75) is 65.5 Å². The molecule has 1 atom stereocenters. The fourth-order valence-corrected chi connectivity index (χ4v) is 3.78. The third-order valence-electron chi connectivity index (χ3n) is 4.23. The minimum Gasteiger partial charge on any atom is -0.444 e. The maximum Gasteiger partial charge on any atom is 0.410 e. The van der Waals surface area contributed by atoms with E-state index in [0.29, 0.717) is 6.04 Å². The Balaban J connectivity index is 1.98. The van der Waals surface area contributed by atoms with Gasteiger partial charge >= 0.3 is 6.09 Å². The Morgan fingerprint density at radius 3 is 2.42 bits per heavy atom. The van der Waals surface area contributed by atoms with Crippen LogP contribution in [0.15, 0.2) is 16.6 Å². The fourth-order valence-electron chi connectivity index (χ4n) is 3.09. The van der Waals surface area contributed by atoms with E-state index in [4.69, 9.17) is 4.74 Å². The summed E-state index contributed by atoms with van der Waals surface area (Å²) in [6.45, 7) is 11.5. The Morgan fingerprint density at radius 1 is 1.21 bits per heavy atom. The molecule has 1 unspecified atom stereocenters. The second-order valence-electron chi connectivity index (χ2n) is 7.65. The highest BCUT2D eigenvalue weighted by molar-refractivity contribution is 9.10. The van der Waals surface area contributed by atoms with Crippen LogP contribution in [0, 0.1) is 13.8 Å². The number of rotatable bonds is 2. The Labute approximate surface area is 154 Å². The van der Waals surface area contributed by atoms with Crippen LogP contribution >= 0.6 is 15.9 Å². The molecule has 0 aromatic heterocycles. The van der Waals surface area contributed by atoms with Gasteiger partial charge in [0, 0.05) is 29.3 Å². The van der Waals surface area contributed by atoms with Crippen molar-refractivity contribution in [1.82, 2.24) is 4.90 Å². The van der Waals surface area contributed by atoms with E-state index in [1.165, 1.54) is 16.8 Å². The molecule has 1 amide bonds. The van der Waals surface area contributed by atoms with E-state index in [1.54, 1.807) is 0 Å². The number of nitrogens with one attached hydrogen (secondary N) is 1. The molecule has 1 aromatic carbocycles. The number of carbonyl (C=O) groups is 1. The van der Waals surface area contributed by atoms with E-state index in [0.717, 1.165) is 36.8 Å². The van der Waals surface area contributed by atoms with E-state index in [9.17, 15) is 4.79 Å². The lowest BCUT2D eigenvalue weighted by Crippen LogP contribution is -2.37. The van der Waals surface area contributed by atoms with Crippen LogP contribution in [0.4, 0.5) is 10.5 Å². The van der Waals surface area contributed by atoms with Gasteiger partial charge in [0.25, 0.3) is 0 Å². The van der Waals surface area contributed by atoms with E-state index in [2.05, 4.69) is 47.2 Å². The highest BCUT2D eigenvalue weighted by Gasteiger charge is 2.25. The lowest BCUT2D eigenvalue weighted by Gasteiger charge is -2.26. The summed E-state index contributed by atoms with van der Waals surface area (Å²) < 4.78 is 6.61. The molecular weight excluding hydrogens is 368 g/mol. The van der Waals surface area contributed by atoms with E-state index >= 15 is 0 Å². The summed E-state index contributed by atoms with van der Waals surface area (Å²) in [5.41, 5.74) is 3.27. The summed E-state index contributed by atoms with van der Waals surface area (Å²) in [5, 5.41) is 3.69. The van der Waals surface area contributed by atoms with Gasteiger partial charge in [-0.15, -0.1) is 0 Å². The minimum atomic E-state index is -0.438. The van der Waals surface area contributed by atoms with Crippen LogP contribution in [0.1, 0.15) is 51.2 Å². The molecule has 1 fully saturated rings. The van der Waals surface area contributed by atoms with Crippen molar-refractivity contribution < 1.29 is 9.53 Å². The summed E-state index contributed by atoms with van der Waals surface area (Å²) in [5.74, 6) is 0. The standard InChI is InChI=1S/C19H29BrN2O2/c1-13-11-15(20)12-14(2)17(13)21-16-7-6-9-22(10-8-16)18(23)24-19(3,4)5/h11-12,16,21H,6-10H2,1-5H3. The van der Waals surface area contributed by atoms with Gasteiger partial charge in [-0.25, -0.2) is 4.79 Å². The quantitative estimate of drug-likeness (QED) is 0.740. The molecule has 1 aliphatic heterocycles. The first kappa shape index (κ1) is 19.1. The Hall–Kier alpha value is -1.23. The number of benzene rings is 1. The summed E-state index contributed by atoms with van der Waals surface area (Å²) in [6.07, 6.45) is 2.80. The molecule has 0 spiro atoms. The van der Waals surface area contributed by atoms with Gasteiger partial charge < -0.3 is 15.0 Å². The fraction of sp³-hybridized carbons (Fsp3) is 0.632. The minimum absolute atomic E-state index is 0.195. The number of anilines is 1. The smallest absolute Gasteiger partial charge is 0.410 e. The predicted molar refractivity (Wildman–Crippen MR) is 103 cm³/mol. The zero-order valence-electron chi connectivity index (χ0n) is 15.4. The molecule has 1 N–H and O–H groups in total. The summed E-state index contributed by atoms with van der Waals surface area (Å²) in [7, 11) is 0. The molecule has 24 heavy (non-hydrogen) atoms. The molecule has 1 aromatic rings. The molecule has 1 saturated heterocycles. The second-order valence-corrected chi connectivity index (χ2v) is 8.57. The van der Waals surface area contributed by atoms with Crippen LogP contribution in [0.2, 0.25) is 0 Å². The van der Waals surface area contributed by atoms with E-state index in [1.807, 2.05) is 25.7 Å². The normalized spacial score (nSPS) is 18.9. The van der Waals surface area contributed by atoms with Gasteiger partial charge in [-0.1, -0.05) is 15.9 Å². The molecule has 134 valence electrons. The van der Waals surface area contributed by atoms with Gasteiger partial charge in [0.2, 0.25) is 0 Å². The van der Waals surface area contributed by atoms with Crippen molar-refractivity contribution in [3.63, 3.8) is 0 Å². The molecule has 0 radical (unpaired) electrons. The molecular formula is C19H29BrN2O2. The van der Waals surface area contributed by atoms with Crippen LogP contribution in [-0.2, 0) is 4.74 Å². The predicted octanol–water partition coefficient (Wildman–Crippen LogP) is 5.27. The third kappa shape index (κ3) is 5.40. The number of carbonyl (C=O) groups excluding carboxylic acids is 1. The molecule has 1 heterocycles. The Morgan fingerprint density at radius 2 is 1.83 bits per heavy atom. The van der Waals surface area contributed by atoms with Crippen LogP contribution in [-0.4, -0.2) is 35.7 Å². The molecule has 4 nitrogen and oxygen atoms in total. The third-order valence-corrected chi connectivity index (χ3v) is 4.68. The van der Waals surface area contributed by atoms with Gasteiger partial charge in [0.15, 0.2) is 0 Å². The summed E-state index contributed by atoms with van der Waals surface area (Å²) >= 11 is 3.55. The topological polar surface area (TPSA) is 41.6 Å². The second kappa shape index (κ2) is 7.77. The molecule has 1 aliphatic rings. The van der Waals surface area contributed by atoms with E-state index in [-0.39, 0.29) is 6.09 Å². The average Bonchev–Trinajstić information content (AvgIpc) is 2.66. The first-order valence-electron chi connectivity index (χ1n) is 8.67. The number of hydrogen-bond donors (Lipinski definition) is 1. The Bertz CT molecular complexity index is 573. The van der Waals surface area contributed by atoms with Crippen molar-refractivity contribution >= 4 is 27.7 Å². The zero-order chi connectivity index (χ0) is 17.9. The number of nitrogens with zero attached hydrogens (tertiary/aromatic N) is 1. The summed E-state index contributed by atoms with van der Waals surface area (Å²) in [4.78, 5) is 14.1. The molecule has 0 saturated carbocycles. The largest absolute Gasteiger partial charge is 0.444 e. The van der Waals surface area contributed by atoms with Crippen LogP contribution in [0.5, 0.6) is 0 Å².